The number of hydrogen-bond donors (Lipinski definition) is 2. The molecular formula is C31H44O5. The average Bonchev–Trinajstić information content (AvgIpc) is 3.11. The zero-order chi connectivity index (χ0) is 26.8. The van der Waals surface area contributed by atoms with Crippen molar-refractivity contribution in [2.75, 3.05) is 0 Å². The third kappa shape index (κ3) is 6.18. The predicted molar refractivity (Wildman–Crippen MR) is 143 cm³/mol. The molecule has 5 heteroatoms. The van der Waals surface area contributed by atoms with E-state index in [4.69, 9.17) is 4.74 Å². The van der Waals surface area contributed by atoms with E-state index in [0.29, 0.717) is 0 Å². The second-order valence-corrected chi connectivity index (χ2v) is 11.8. The lowest BCUT2D eigenvalue weighted by Gasteiger charge is -2.34. The maximum Gasteiger partial charge on any atom is 0.309 e. The molecule has 198 valence electrons. The molecule has 1 aliphatic heterocycles. The highest BCUT2D eigenvalue weighted by molar-refractivity contribution is 5.88. The second-order valence-electron chi connectivity index (χ2n) is 11.8. The minimum absolute atomic E-state index is 0.0213. The zero-order valence-corrected chi connectivity index (χ0v) is 23.0. The average molecular weight is 497 g/mol. The summed E-state index contributed by atoms with van der Waals surface area (Å²) >= 11 is 0. The fourth-order valence-corrected chi connectivity index (χ4v) is 5.74. The van der Waals surface area contributed by atoms with Crippen molar-refractivity contribution in [1.29, 1.82) is 0 Å². The Balaban J connectivity index is 1.95. The maximum atomic E-state index is 13.3. The Morgan fingerprint density at radius 1 is 0.972 bits per heavy atom. The molecule has 0 saturated heterocycles. The Hall–Kier alpha value is -2.24. The van der Waals surface area contributed by atoms with E-state index in [1.165, 1.54) is 16.7 Å². The van der Waals surface area contributed by atoms with Crippen molar-refractivity contribution in [3.05, 3.63) is 52.6 Å². The maximum absolute atomic E-state index is 13.3. The number of allylic oxidation sites excluding steroid dienone is 2. The SMILES string of the molecule is CC1=C[C@@H]2CC(c3ccc(C)cc3)=C(C)[C@H]2OC(=O)C[C@H](O)C(C)(C)C(=O)[C@H](C)[C@@H](O)[C@@H](C)CCC1. The number of Topliss-reactive ketones (excluding diaryl/α,β-unsaturated/α-hetero) is 1. The number of benzene rings is 1. The van der Waals surface area contributed by atoms with Crippen molar-refractivity contribution in [2.24, 2.45) is 23.2 Å². The number of hydrogen-bond acceptors (Lipinski definition) is 5. The molecule has 0 aromatic heterocycles. The first-order chi connectivity index (χ1) is 16.8. The Morgan fingerprint density at radius 3 is 2.25 bits per heavy atom. The first-order valence-electron chi connectivity index (χ1n) is 13.4. The predicted octanol–water partition coefficient (Wildman–Crippen LogP) is 5.81. The van der Waals surface area contributed by atoms with Crippen LogP contribution in [0.3, 0.4) is 0 Å². The Labute approximate surface area is 216 Å². The number of carbonyl (C=O) groups is 2. The van der Waals surface area contributed by atoms with Crippen LogP contribution in [-0.2, 0) is 14.3 Å². The van der Waals surface area contributed by atoms with Crippen LogP contribution < -0.4 is 0 Å². The van der Waals surface area contributed by atoms with Crippen LogP contribution in [0.1, 0.15) is 84.8 Å². The van der Waals surface area contributed by atoms with E-state index in [9.17, 15) is 19.8 Å². The van der Waals surface area contributed by atoms with Crippen LogP contribution in [0.25, 0.3) is 5.57 Å². The van der Waals surface area contributed by atoms with E-state index in [0.717, 1.165) is 36.8 Å². The second kappa shape index (κ2) is 11.4. The smallest absolute Gasteiger partial charge is 0.309 e. The van der Waals surface area contributed by atoms with Crippen LogP contribution in [0.5, 0.6) is 0 Å². The van der Waals surface area contributed by atoms with Gasteiger partial charge in [-0.1, -0.05) is 69.2 Å². The van der Waals surface area contributed by atoms with Crippen molar-refractivity contribution < 1.29 is 24.5 Å². The lowest BCUT2D eigenvalue weighted by atomic mass is 9.73. The fourth-order valence-electron chi connectivity index (χ4n) is 5.74. The van der Waals surface area contributed by atoms with Crippen molar-refractivity contribution in [3.8, 4) is 0 Å². The van der Waals surface area contributed by atoms with E-state index >= 15 is 0 Å². The molecule has 2 N–H and O–H groups in total. The summed E-state index contributed by atoms with van der Waals surface area (Å²) in [5, 5.41) is 21.8. The summed E-state index contributed by atoms with van der Waals surface area (Å²) < 4.78 is 6.01. The highest BCUT2D eigenvalue weighted by Crippen LogP contribution is 2.42. The van der Waals surface area contributed by atoms with E-state index in [2.05, 4.69) is 44.2 Å². The van der Waals surface area contributed by atoms with Crippen LogP contribution in [0.4, 0.5) is 0 Å². The topological polar surface area (TPSA) is 83.8 Å². The van der Waals surface area contributed by atoms with Crippen molar-refractivity contribution in [2.45, 2.75) is 98.9 Å². The normalized spacial score (nSPS) is 32.6. The summed E-state index contributed by atoms with van der Waals surface area (Å²) in [7, 11) is 0. The van der Waals surface area contributed by atoms with Gasteiger partial charge in [0.1, 0.15) is 11.9 Å². The van der Waals surface area contributed by atoms with Crippen LogP contribution in [0.15, 0.2) is 41.5 Å². The summed E-state index contributed by atoms with van der Waals surface area (Å²) in [6.07, 6.45) is 2.96. The number of fused-ring (bicyclic) bond motifs is 1. The molecule has 2 aliphatic rings. The number of aliphatic hydroxyl groups excluding tert-OH is 2. The summed E-state index contributed by atoms with van der Waals surface area (Å²) in [6, 6.07) is 8.43. The van der Waals surface area contributed by atoms with E-state index in [-0.39, 0.29) is 24.0 Å². The molecule has 0 fully saturated rings. The number of ketones is 1. The van der Waals surface area contributed by atoms with Crippen LogP contribution >= 0.6 is 0 Å². The van der Waals surface area contributed by atoms with Crippen LogP contribution in [0.2, 0.25) is 0 Å². The monoisotopic (exact) mass is 496 g/mol. The fraction of sp³-hybridized carbons (Fsp3) is 0.613. The standard InChI is InChI=1S/C31H44O5/c1-18-11-13-23(14-12-18)25-16-24-15-19(2)9-8-10-20(3)28(34)22(5)30(35)31(6,7)26(32)17-27(33)36-29(24)21(25)4/h11-15,20,22,24,26,28-29,32,34H,8-10,16-17H2,1-7H3/t20-,22+,24+,26-,28-,29+/m0/s1. The van der Waals surface area contributed by atoms with Gasteiger partial charge in [0.15, 0.2) is 0 Å². The Bertz CT molecular complexity index is 1020. The molecule has 1 aromatic carbocycles. The van der Waals surface area contributed by atoms with Gasteiger partial charge in [-0.2, -0.15) is 0 Å². The van der Waals surface area contributed by atoms with Gasteiger partial charge in [-0.05, 0) is 69.1 Å². The van der Waals surface area contributed by atoms with Crippen molar-refractivity contribution in [3.63, 3.8) is 0 Å². The first-order valence-corrected chi connectivity index (χ1v) is 13.4. The lowest BCUT2D eigenvalue weighted by Crippen LogP contribution is -2.45. The van der Waals surface area contributed by atoms with Crippen molar-refractivity contribution in [1.82, 2.24) is 0 Å². The largest absolute Gasteiger partial charge is 0.457 e. The number of aliphatic hydroxyl groups is 2. The molecule has 1 aromatic rings. The van der Waals surface area contributed by atoms with Gasteiger partial charge in [0, 0.05) is 11.8 Å². The highest BCUT2D eigenvalue weighted by atomic mass is 16.5. The van der Waals surface area contributed by atoms with Gasteiger partial charge in [0.2, 0.25) is 0 Å². The summed E-state index contributed by atoms with van der Waals surface area (Å²) in [5.74, 6) is -1.40. The van der Waals surface area contributed by atoms with Gasteiger partial charge in [0.05, 0.1) is 24.0 Å². The quantitative estimate of drug-likeness (QED) is 0.379. The molecule has 1 aliphatic carbocycles. The number of aryl methyl sites for hydroxylation is 1. The molecule has 1 heterocycles. The highest BCUT2D eigenvalue weighted by Gasteiger charge is 2.43. The van der Waals surface area contributed by atoms with Gasteiger partial charge in [-0.25, -0.2) is 0 Å². The van der Waals surface area contributed by atoms with E-state index in [1.54, 1.807) is 20.8 Å². The number of ether oxygens (including phenoxy) is 1. The van der Waals surface area contributed by atoms with Gasteiger partial charge in [0.25, 0.3) is 0 Å². The molecule has 0 radical (unpaired) electrons. The molecule has 0 saturated carbocycles. The molecule has 0 bridgehead atoms. The third-order valence-corrected chi connectivity index (χ3v) is 8.46. The minimum Gasteiger partial charge on any atom is -0.457 e. The number of carbonyl (C=O) groups excluding carboxylic acids is 2. The van der Waals surface area contributed by atoms with Crippen LogP contribution in [0, 0.1) is 30.1 Å². The molecule has 6 atom stereocenters. The molecule has 36 heavy (non-hydrogen) atoms. The summed E-state index contributed by atoms with van der Waals surface area (Å²) in [6.45, 7) is 13.2. The molecular weight excluding hydrogens is 452 g/mol. The lowest BCUT2D eigenvalue weighted by molar-refractivity contribution is -0.155. The molecule has 0 unspecified atom stereocenters. The Morgan fingerprint density at radius 2 is 1.61 bits per heavy atom. The van der Waals surface area contributed by atoms with Gasteiger partial charge >= 0.3 is 5.97 Å². The number of rotatable bonds is 1. The van der Waals surface area contributed by atoms with Crippen molar-refractivity contribution >= 4 is 17.3 Å². The molecule has 3 rings (SSSR count). The van der Waals surface area contributed by atoms with Crippen LogP contribution in [-0.4, -0.2) is 40.3 Å². The minimum atomic E-state index is -1.20. The summed E-state index contributed by atoms with van der Waals surface area (Å²) in [4.78, 5) is 26.3. The molecule has 0 spiro atoms. The van der Waals surface area contributed by atoms with E-state index in [1.807, 2.05) is 13.8 Å². The Kier molecular flexibility index (Phi) is 9.00. The zero-order valence-electron chi connectivity index (χ0n) is 23.0. The first kappa shape index (κ1) is 28.3. The van der Waals surface area contributed by atoms with E-state index < -0.39 is 35.6 Å². The third-order valence-electron chi connectivity index (χ3n) is 8.46. The van der Waals surface area contributed by atoms with Gasteiger partial charge in [-0.15, -0.1) is 0 Å². The van der Waals surface area contributed by atoms with Gasteiger partial charge < -0.3 is 14.9 Å². The van der Waals surface area contributed by atoms with Gasteiger partial charge in [-0.3, -0.25) is 9.59 Å². The molecule has 5 nitrogen and oxygen atoms in total. The number of esters is 1. The summed E-state index contributed by atoms with van der Waals surface area (Å²) in [5.41, 5.74) is 4.63. The molecule has 0 amide bonds.